The van der Waals surface area contributed by atoms with Gasteiger partial charge in [-0.15, -0.1) is 0 Å². The summed E-state index contributed by atoms with van der Waals surface area (Å²) < 4.78 is 1.71. The molecule has 16 heavy (non-hydrogen) atoms. The van der Waals surface area contributed by atoms with E-state index in [1.54, 1.807) is 28.8 Å². The van der Waals surface area contributed by atoms with Gasteiger partial charge in [-0.1, -0.05) is 6.92 Å². The number of nitrogen functional groups attached to an aromatic ring is 1. The molecule has 0 saturated heterocycles. The van der Waals surface area contributed by atoms with Gasteiger partial charge in [0.2, 0.25) is 0 Å². The molecule has 1 heterocycles. The van der Waals surface area contributed by atoms with Crippen LogP contribution in [0.15, 0.2) is 12.3 Å². The van der Waals surface area contributed by atoms with Crippen LogP contribution in [0.25, 0.3) is 0 Å². The van der Waals surface area contributed by atoms with E-state index in [1.807, 2.05) is 6.92 Å². The molecule has 0 aliphatic carbocycles. The second-order valence-corrected chi connectivity index (χ2v) is 3.79. The Morgan fingerprint density at radius 1 is 1.56 bits per heavy atom. The fourth-order valence-corrected chi connectivity index (χ4v) is 1.67. The molecule has 3 N–H and O–H groups in total. The zero-order valence-corrected chi connectivity index (χ0v) is 9.81. The maximum atomic E-state index is 12.1. The summed E-state index contributed by atoms with van der Waals surface area (Å²) in [5, 5.41) is 8.91. The third-order valence-electron chi connectivity index (χ3n) is 2.40. The quantitative estimate of drug-likeness (QED) is 0.764. The van der Waals surface area contributed by atoms with Crippen molar-refractivity contribution in [1.29, 1.82) is 0 Å². The summed E-state index contributed by atoms with van der Waals surface area (Å²) in [6.07, 6.45) is 2.57. The molecule has 5 heteroatoms. The van der Waals surface area contributed by atoms with Crippen molar-refractivity contribution in [2.24, 2.45) is 7.05 Å². The van der Waals surface area contributed by atoms with Crippen molar-refractivity contribution in [3.05, 3.63) is 18.0 Å². The number of nitrogens with two attached hydrogens (primary N) is 1. The first-order valence-electron chi connectivity index (χ1n) is 5.42. The molecule has 1 aromatic heterocycles. The van der Waals surface area contributed by atoms with Gasteiger partial charge in [-0.2, -0.15) is 0 Å². The lowest BCUT2D eigenvalue weighted by Crippen LogP contribution is -2.35. The predicted molar refractivity (Wildman–Crippen MR) is 63.1 cm³/mol. The normalized spacial score (nSPS) is 10.4. The van der Waals surface area contributed by atoms with Gasteiger partial charge >= 0.3 is 0 Å². The van der Waals surface area contributed by atoms with Crippen molar-refractivity contribution < 1.29 is 9.90 Å². The molecule has 1 aromatic rings. The van der Waals surface area contributed by atoms with Crippen LogP contribution >= 0.6 is 0 Å². The highest BCUT2D eigenvalue weighted by atomic mass is 16.3. The summed E-state index contributed by atoms with van der Waals surface area (Å²) in [6.45, 7) is 2.98. The zero-order valence-electron chi connectivity index (χ0n) is 9.81. The lowest BCUT2D eigenvalue weighted by Gasteiger charge is -2.21. The maximum absolute atomic E-state index is 12.1. The highest BCUT2D eigenvalue weighted by molar-refractivity contribution is 5.93. The number of aryl methyl sites for hydroxylation is 1. The van der Waals surface area contributed by atoms with Gasteiger partial charge in [0.05, 0.1) is 12.3 Å². The number of rotatable bonds is 5. The minimum Gasteiger partial charge on any atom is -0.397 e. The van der Waals surface area contributed by atoms with Crippen molar-refractivity contribution in [3.63, 3.8) is 0 Å². The number of carbonyl (C=O) groups is 1. The van der Waals surface area contributed by atoms with Crippen molar-refractivity contribution in [3.8, 4) is 0 Å². The average Bonchev–Trinajstić information content (AvgIpc) is 2.56. The third-order valence-corrected chi connectivity index (χ3v) is 2.40. The first kappa shape index (κ1) is 12.6. The van der Waals surface area contributed by atoms with Crippen molar-refractivity contribution in [2.75, 3.05) is 25.4 Å². The third kappa shape index (κ3) is 2.76. The average molecular weight is 225 g/mol. The first-order valence-corrected chi connectivity index (χ1v) is 5.42. The van der Waals surface area contributed by atoms with Gasteiger partial charge in [-0.05, 0) is 12.5 Å². The Bertz CT molecular complexity index is 354. The van der Waals surface area contributed by atoms with Crippen LogP contribution in [-0.4, -0.2) is 40.2 Å². The van der Waals surface area contributed by atoms with E-state index in [-0.39, 0.29) is 12.5 Å². The molecule has 0 aliphatic rings. The number of aliphatic hydroxyl groups is 1. The van der Waals surface area contributed by atoms with Crippen LogP contribution in [0.1, 0.15) is 23.8 Å². The summed E-state index contributed by atoms with van der Waals surface area (Å²) in [5.41, 5.74) is 6.75. The van der Waals surface area contributed by atoms with Crippen molar-refractivity contribution in [2.45, 2.75) is 13.3 Å². The van der Waals surface area contributed by atoms with Crippen LogP contribution in [0.5, 0.6) is 0 Å². The summed E-state index contributed by atoms with van der Waals surface area (Å²) in [6, 6.07) is 1.66. The molecule has 0 aliphatic heterocycles. The molecule has 0 saturated carbocycles. The van der Waals surface area contributed by atoms with E-state index < -0.39 is 0 Å². The monoisotopic (exact) mass is 225 g/mol. The molecular weight excluding hydrogens is 206 g/mol. The topological polar surface area (TPSA) is 71.5 Å². The van der Waals surface area contributed by atoms with Crippen LogP contribution in [0.2, 0.25) is 0 Å². The van der Waals surface area contributed by atoms with Gasteiger partial charge < -0.3 is 20.3 Å². The molecule has 0 spiro atoms. The largest absolute Gasteiger partial charge is 0.397 e. The second-order valence-electron chi connectivity index (χ2n) is 3.79. The number of aliphatic hydroxyl groups excluding tert-OH is 1. The number of hydrogen-bond donors (Lipinski definition) is 2. The van der Waals surface area contributed by atoms with Crippen LogP contribution < -0.4 is 5.73 Å². The summed E-state index contributed by atoms with van der Waals surface area (Å²) in [5.74, 6) is -0.0879. The predicted octanol–water partition coefficient (Wildman–Crippen LogP) is 0.452. The maximum Gasteiger partial charge on any atom is 0.270 e. The molecule has 0 bridgehead atoms. The fraction of sp³-hybridized carbons (Fsp3) is 0.545. The van der Waals surface area contributed by atoms with E-state index in [2.05, 4.69) is 0 Å². The molecule has 1 rings (SSSR count). The Morgan fingerprint density at radius 3 is 2.69 bits per heavy atom. The number of anilines is 1. The molecule has 0 atom stereocenters. The van der Waals surface area contributed by atoms with Gasteiger partial charge in [-0.25, -0.2) is 0 Å². The van der Waals surface area contributed by atoms with E-state index in [9.17, 15) is 4.79 Å². The number of amides is 1. The highest BCUT2D eigenvalue weighted by Gasteiger charge is 2.17. The molecule has 5 nitrogen and oxygen atoms in total. The molecule has 1 amide bonds. The minimum atomic E-state index is -0.0879. The lowest BCUT2D eigenvalue weighted by atomic mass is 10.3. The summed E-state index contributed by atoms with van der Waals surface area (Å²) in [4.78, 5) is 13.7. The van der Waals surface area contributed by atoms with Crippen LogP contribution in [-0.2, 0) is 7.05 Å². The Kier molecular flexibility index (Phi) is 4.37. The molecule has 0 radical (unpaired) electrons. The molecule has 0 fully saturated rings. The number of hydrogen-bond acceptors (Lipinski definition) is 3. The van der Waals surface area contributed by atoms with E-state index in [0.717, 1.165) is 6.42 Å². The summed E-state index contributed by atoms with van der Waals surface area (Å²) >= 11 is 0. The number of carbonyl (C=O) groups excluding carboxylic acids is 1. The number of nitrogens with zero attached hydrogens (tertiary/aromatic N) is 2. The Labute approximate surface area is 95.5 Å². The minimum absolute atomic E-state index is 0.0222. The van der Waals surface area contributed by atoms with Crippen LogP contribution in [0.4, 0.5) is 5.69 Å². The Hall–Kier alpha value is -1.49. The van der Waals surface area contributed by atoms with Gasteiger partial charge in [0.1, 0.15) is 5.69 Å². The van der Waals surface area contributed by atoms with Gasteiger partial charge in [-0.3, -0.25) is 4.79 Å². The second kappa shape index (κ2) is 5.55. The highest BCUT2D eigenvalue weighted by Crippen LogP contribution is 2.11. The van der Waals surface area contributed by atoms with Gasteiger partial charge in [0.15, 0.2) is 0 Å². The summed E-state index contributed by atoms with van der Waals surface area (Å²) in [7, 11) is 1.78. The smallest absolute Gasteiger partial charge is 0.270 e. The van der Waals surface area contributed by atoms with Crippen molar-refractivity contribution in [1.82, 2.24) is 9.47 Å². The SMILES string of the molecule is CCCN(CCO)C(=O)c1cc(N)cn1C. The lowest BCUT2D eigenvalue weighted by molar-refractivity contribution is 0.0712. The number of aromatic nitrogens is 1. The van der Waals surface area contributed by atoms with Crippen LogP contribution in [0, 0.1) is 0 Å². The Balaban J connectivity index is 2.85. The van der Waals surface area contributed by atoms with E-state index in [1.165, 1.54) is 0 Å². The Morgan fingerprint density at radius 2 is 2.25 bits per heavy atom. The molecule has 0 unspecified atom stereocenters. The van der Waals surface area contributed by atoms with Crippen molar-refractivity contribution >= 4 is 11.6 Å². The standard InChI is InChI=1S/C11H19N3O2/c1-3-4-14(5-6-15)11(16)10-7-9(12)8-13(10)2/h7-8,15H,3-6,12H2,1-2H3. The van der Waals surface area contributed by atoms with Gasteiger partial charge in [0, 0.05) is 26.3 Å². The van der Waals surface area contributed by atoms with Gasteiger partial charge in [0.25, 0.3) is 5.91 Å². The molecule has 90 valence electrons. The first-order chi connectivity index (χ1) is 7.60. The van der Waals surface area contributed by atoms with E-state index >= 15 is 0 Å². The fourth-order valence-electron chi connectivity index (χ4n) is 1.67. The van der Waals surface area contributed by atoms with E-state index in [4.69, 9.17) is 10.8 Å². The molecular formula is C11H19N3O2. The zero-order chi connectivity index (χ0) is 12.1. The van der Waals surface area contributed by atoms with Crippen LogP contribution in [0.3, 0.4) is 0 Å². The van der Waals surface area contributed by atoms with E-state index in [0.29, 0.717) is 24.5 Å². The molecule has 0 aromatic carbocycles.